The maximum Gasteiger partial charge on any atom is 0.225 e. The molecule has 1 fully saturated rings. The summed E-state index contributed by atoms with van der Waals surface area (Å²) >= 11 is 0. The van der Waals surface area contributed by atoms with Crippen LogP contribution < -0.4 is 20.5 Å². The minimum atomic E-state index is -0.417. The van der Waals surface area contributed by atoms with Crippen LogP contribution in [0.2, 0.25) is 0 Å². The van der Waals surface area contributed by atoms with Gasteiger partial charge in [0.15, 0.2) is 11.5 Å². The summed E-state index contributed by atoms with van der Waals surface area (Å²) in [6.45, 7) is 3.95. The smallest absolute Gasteiger partial charge is 0.225 e. The van der Waals surface area contributed by atoms with E-state index in [0.717, 1.165) is 31.2 Å². The second-order valence-corrected chi connectivity index (χ2v) is 6.65. The van der Waals surface area contributed by atoms with Crippen molar-refractivity contribution in [1.29, 1.82) is 0 Å². The van der Waals surface area contributed by atoms with E-state index >= 15 is 0 Å². The summed E-state index contributed by atoms with van der Waals surface area (Å²) < 4.78 is 10.6. The largest absolute Gasteiger partial charge is 0.493 e. The molecule has 0 aromatic heterocycles. The first kappa shape index (κ1) is 17.6. The SMILES string of the molecule is COc1ccc(C(C)NC(=O)C2CCCCC2(C)N)cc1OC. The number of hydrogen-bond acceptors (Lipinski definition) is 4. The molecule has 0 aliphatic heterocycles. The normalized spacial score (nSPS) is 25.5. The molecule has 0 heterocycles. The third-order valence-electron chi connectivity index (χ3n) is 4.84. The van der Waals surface area contributed by atoms with Gasteiger partial charge in [-0.3, -0.25) is 4.79 Å². The van der Waals surface area contributed by atoms with E-state index in [-0.39, 0.29) is 17.9 Å². The van der Waals surface area contributed by atoms with Crippen molar-refractivity contribution in [2.45, 2.75) is 51.1 Å². The van der Waals surface area contributed by atoms with Gasteiger partial charge in [0, 0.05) is 5.54 Å². The van der Waals surface area contributed by atoms with Crippen LogP contribution in [0, 0.1) is 5.92 Å². The fourth-order valence-electron chi connectivity index (χ4n) is 3.31. The molecule has 1 aromatic rings. The Balaban J connectivity index is 2.09. The predicted molar refractivity (Wildman–Crippen MR) is 90.7 cm³/mol. The third kappa shape index (κ3) is 3.96. The first-order valence-electron chi connectivity index (χ1n) is 8.20. The molecule has 1 aromatic carbocycles. The van der Waals surface area contributed by atoms with Crippen LogP contribution in [0.5, 0.6) is 11.5 Å². The third-order valence-corrected chi connectivity index (χ3v) is 4.84. The average Bonchev–Trinajstić information content (AvgIpc) is 2.53. The second-order valence-electron chi connectivity index (χ2n) is 6.65. The molecule has 0 spiro atoms. The van der Waals surface area contributed by atoms with Crippen LogP contribution in [-0.4, -0.2) is 25.7 Å². The molecule has 2 rings (SSSR count). The second kappa shape index (κ2) is 7.21. The summed E-state index contributed by atoms with van der Waals surface area (Å²) in [5, 5.41) is 3.09. The van der Waals surface area contributed by atoms with Gasteiger partial charge < -0.3 is 20.5 Å². The standard InChI is InChI=1S/C18H28N2O3/c1-12(13-8-9-15(22-3)16(11-13)23-4)20-17(21)14-7-5-6-10-18(14,2)19/h8-9,11-12,14H,5-7,10,19H2,1-4H3,(H,20,21). The van der Waals surface area contributed by atoms with E-state index in [4.69, 9.17) is 15.2 Å². The van der Waals surface area contributed by atoms with Crippen LogP contribution in [0.3, 0.4) is 0 Å². The fraction of sp³-hybridized carbons (Fsp3) is 0.611. The van der Waals surface area contributed by atoms with Crippen molar-refractivity contribution >= 4 is 5.91 Å². The maximum atomic E-state index is 12.6. The van der Waals surface area contributed by atoms with E-state index in [1.807, 2.05) is 32.0 Å². The Morgan fingerprint density at radius 3 is 2.61 bits per heavy atom. The molecule has 1 aliphatic carbocycles. The highest BCUT2D eigenvalue weighted by Crippen LogP contribution is 2.33. The molecule has 3 N–H and O–H groups in total. The van der Waals surface area contributed by atoms with Crippen LogP contribution in [-0.2, 0) is 4.79 Å². The Morgan fingerprint density at radius 2 is 2.00 bits per heavy atom. The lowest BCUT2D eigenvalue weighted by Gasteiger charge is -2.37. The molecule has 5 heteroatoms. The van der Waals surface area contributed by atoms with Gasteiger partial charge in [-0.05, 0) is 44.4 Å². The highest BCUT2D eigenvalue weighted by molar-refractivity contribution is 5.80. The predicted octanol–water partition coefficient (Wildman–Crippen LogP) is 2.79. The molecular weight excluding hydrogens is 292 g/mol. The van der Waals surface area contributed by atoms with E-state index < -0.39 is 5.54 Å². The van der Waals surface area contributed by atoms with Gasteiger partial charge >= 0.3 is 0 Å². The molecule has 0 radical (unpaired) electrons. The quantitative estimate of drug-likeness (QED) is 0.875. The minimum absolute atomic E-state index is 0.0389. The lowest BCUT2D eigenvalue weighted by atomic mass is 9.74. The first-order chi connectivity index (χ1) is 10.9. The molecule has 3 unspecified atom stereocenters. The maximum absolute atomic E-state index is 12.6. The minimum Gasteiger partial charge on any atom is -0.493 e. The van der Waals surface area contributed by atoms with Crippen molar-refractivity contribution in [2.24, 2.45) is 11.7 Å². The highest BCUT2D eigenvalue weighted by Gasteiger charge is 2.38. The van der Waals surface area contributed by atoms with E-state index in [0.29, 0.717) is 11.5 Å². The number of rotatable bonds is 5. The summed E-state index contributed by atoms with van der Waals surface area (Å²) in [6.07, 6.45) is 3.92. The molecule has 1 amide bonds. The Bertz CT molecular complexity index is 557. The average molecular weight is 320 g/mol. The number of hydrogen-bond donors (Lipinski definition) is 2. The molecular formula is C18H28N2O3. The monoisotopic (exact) mass is 320 g/mol. The van der Waals surface area contributed by atoms with Gasteiger partial charge in [-0.1, -0.05) is 18.9 Å². The summed E-state index contributed by atoms with van der Waals surface area (Å²) in [6, 6.07) is 5.58. The molecule has 1 aliphatic rings. The molecule has 5 nitrogen and oxygen atoms in total. The van der Waals surface area contributed by atoms with Gasteiger partial charge in [-0.25, -0.2) is 0 Å². The van der Waals surface area contributed by atoms with Crippen molar-refractivity contribution in [2.75, 3.05) is 14.2 Å². The summed E-state index contributed by atoms with van der Waals surface area (Å²) in [5.74, 6) is 1.25. The molecule has 23 heavy (non-hydrogen) atoms. The Morgan fingerprint density at radius 1 is 1.30 bits per heavy atom. The van der Waals surface area contributed by atoms with E-state index in [2.05, 4.69) is 5.32 Å². The van der Waals surface area contributed by atoms with Gasteiger partial charge in [0.1, 0.15) is 0 Å². The Kier molecular flexibility index (Phi) is 5.52. The van der Waals surface area contributed by atoms with Crippen LogP contribution in [0.25, 0.3) is 0 Å². The van der Waals surface area contributed by atoms with Gasteiger partial charge in [0.25, 0.3) is 0 Å². The lowest BCUT2D eigenvalue weighted by molar-refractivity contribution is -0.128. The Hall–Kier alpha value is -1.75. The zero-order chi connectivity index (χ0) is 17.0. The molecule has 3 atom stereocenters. The molecule has 1 saturated carbocycles. The van der Waals surface area contributed by atoms with Gasteiger partial charge in [-0.15, -0.1) is 0 Å². The van der Waals surface area contributed by atoms with Crippen molar-refractivity contribution < 1.29 is 14.3 Å². The Labute approximate surface area is 138 Å². The number of carbonyl (C=O) groups excluding carboxylic acids is 1. The topological polar surface area (TPSA) is 73.6 Å². The van der Waals surface area contributed by atoms with Crippen LogP contribution >= 0.6 is 0 Å². The lowest BCUT2D eigenvalue weighted by Crippen LogP contribution is -2.53. The number of carbonyl (C=O) groups is 1. The number of nitrogens with one attached hydrogen (secondary N) is 1. The van der Waals surface area contributed by atoms with Crippen molar-refractivity contribution in [3.8, 4) is 11.5 Å². The van der Waals surface area contributed by atoms with Crippen molar-refractivity contribution in [3.63, 3.8) is 0 Å². The van der Waals surface area contributed by atoms with Crippen molar-refractivity contribution in [3.05, 3.63) is 23.8 Å². The number of amides is 1. The first-order valence-corrected chi connectivity index (χ1v) is 8.20. The number of methoxy groups -OCH3 is 2. The fourth-order valence-corrected chi connectivity index (χ4v) is 3.31. The van der Waals surface area contributed by atoms with Crippen LogP contribution in [0.1, 0.15) is 51.1 Å². The molecule has 128 valence electrons. The summed E-state index contributed by atoms with van der Waals surface area (Å²) in [4.78, 5) is 12.6. The van der Waals surface area contributed by atoms with E-state index in [1.165, 1.54) is 0 Å². The summed E-state index contributed by atoms with van der Waals surface area (Å²) in [5.41, 5.74) is 6.88. The van der Waals surface area contributed by atoms with Crippen LogP contribution in [0.15, 0.2) is 18.2 Å². The number of ether oxygens (including phenoxy) is 2. The van der Waals surface area contributed by atoms with E-state index in [1.54, 1.807) is 14.2 Å². The van der Waals surface area contributed by atoms with Crippen LogP contribution in [0.4, 0.5) is 0 Å². The highest BCUT2D eigenvalue weighted by atomic mass is 16.5. The van der Waals surface area contributed by atoms with Crippen molar-refractivity contribution in [1.82, 2.24) is 5.32 Å². The zero-order valence-electron chi connectivity index (χ0n) is 14.5. The van der Waals surface area contributed by atoms with Gasteiger partial charge in [-0.2, -0.15) is 0 Å². The zero-order valence-corrected chi connectivity index (χ0v) is 14.5. The van der Waals surface area contributed by atoms with E-state index in [9.17, 15) is 4.79 Å². The summed E-state index contributed by atoms with van der Waals surface area (Å²) in [7, 11) is 3.21. The van der Waals surface area contributed by atoms with Gasteiger partial charge in [0.05, 0.1) is 26.2 Å². The number of nitrogens with two attached hydrogens (primary N) is 1. The molecule has 0 saturated heterocycles. The van der Waals surface area contributed by atoms with Gasteiger partial charge in [0.2, 0.25) is 5.91 Å². The molecule has 0 bridgehead atoms. The number of benzene rings is 1.